The van der Waals surface area contributed by atoms with Gasteiger partial charge in [-0.05, 0) is 19.5 Å². The quantitative estimate of drug-likeness (QED) is 0.864. The summed E-state index contributed by atoms with van der Waals surface area (Å²) in [5.41, 5.74) is 6.76. The van der Waals surface area contributed by atoms with Crippen LogP contribution in [-0.2, 0) is 11.3 Å². The van der Waals surface area contributed by atoms with E-state index in [1.165, 1.54) is 6.07 Å². The molecule has 4 heteroatoms. The summed E-state index contributed by atoms with van der Waals surface area (Å²) in [5, 5.41) is 0. The summed E-state index contributed by atoms with van der Waals surface area (Å²) >= 11 is 0. The van der Waals surface area contributed by atoms with Crippen LogP contribution in [0.1, 0.15) is 12.0 Å². The van der Waals surface area contributed by atoms with E-state index in [0.717, 1.165) is 13.0 Å². The van der Waals surface area contributed by atoms with Crippen molar-refractivity contribution in [2.45, 2.75) is 25.0 Å². The molecule has 2 N–H and O–H groups in total. The molecule has 1 aliphatic heterocycles. The lowest BCUT2D eigenvalue weighted by atomic mass is 10.0. The van der Waals surface area contributed by atoms with Crippen molar-refractivity contribution in [2.75, 3.05) is 20.3 Å². The van der Waals surface area contributed by atoms with Gasteiger partial charge in [0.05, 0.1) is 6.61 Å². The van der Waals surface area contributed by atoms with Gasteiger partial charge < -0.3 is 10.5 Å². The zero-order valence-corrected chi connectivity index (χ0v) is 10.1. The second-order valence-corrected chi connectivity index (χ2v) is 4.60. The minimum absolute atomic E-state index is 0.112. The normalized spacial score (nSPS) is 25.2. The maximum atomic E-state index is 13.5. The van der Waals surface area contributed by atoms with E-state index in [1.54, 1.807) is 12.1 Å². The lowest BCUT2D eigenvalue weighted by Gasteiger charge is -2.35. The van der Waals surface area contributed by atoms with Gasteiger partial charge >= 0.3 is 0 Å². The van der Waals surface area contributed by atoms with Crippen LogP contribution in [0.15, 0.2) is 24.3 Å². The molecule has 2 rings (SSSR count). The molecule has 0 aromatic heterocycles. The van der Waals surface area contributed by atoms with Crippen molar-refractivity contribution in [3.05, 3.63) is 35.6 Å². The Morgan fingerprint density at radius 1 is 1.47 bits per heavy atom. The number of likely N-dealkylation sites (N-methyl/N-ethyl adjacent to an activating group) is 1. The summed E-state index contributed by atoms with van der Waals surface area (Å²) in [5.74, 6) is -0.162. The maximum Gasteiger partial charge on any atom is 0.127 e. The Morgan fingerprint density at radius 2 is 2.24 bits per heavy atom. The van der Waals surface area contributed by atoms with Crippen LogP contribution in [0.4, 0.5) is 4.39 Å². The van der Waals surface area contributed by atoms with E-state index in [2.05, 4.69) is 4.90 Å². The molecular formula is C13H19FN2O. The number of rotatable bonds is 3. The third-order valence-corrected chi connectivity index (χ3v) is 3.32. The van der Waals surface area contributed by atoms with E-state index >= 15 is 0 Å². The molecule has 0 amide bonds. The zero-order chi connectivity index (χ0) is 12.3. The molecular weight excluding hydrogens is 219 g/mol. The minimum atomic E-state index is -0.162. The highest BCUT2D eigenvalue weighted by Crippen LogP contribution is 2.15. The topological polar surface area (TPSA) is 38.5 Å². The third-order valence-electron chi connectivity index (χ3n) is 3.32. The smallest absolute Gasteiger partial charge is 0.127 e. The second-order valence-electron chi connectivity index (χ2n) is 4.60. The first-order valence-corrected chi connectivity index (χ1v) is 5.95. The van der Waals surface area contributed by atoms with Gasteiger partial charge in [0.25, 0.3) is 0 Å². The lowest BCUT2D eigenvalue weighted by Crippen LogP contribution is -2.51. The van der Waals surface area contributed by atoms with Crippen molar-refractivity contribution in [3.63, 3.8) is 0 Å². The number of halogens is 1. The van der Waals surface area contributed by atoms with Gasteiger partial charge in [0.1, 0.15) is 5.82 Å². The molecule has 0 saturated carbocycles. The fraction of sp³-hybridized carbons (Fsp3) is 0.538. The van der Waals surface area contributed by atoms with E-state index in [9.17, 15) is 4.39 Å². The van der Waals surface area contributed by atoms with Crippen LogP contribution in [0.2, 0.25) is 0 Å². The first kappa shape index (κ1) is 12.5. The first-order valence-electron chi connectivity index (χ1n) is 5.95. The number of benzene rings is 1. The molecule has 1 saturated heterocycles. The largest absolute Gasteiger partial charge is 0.380 e. The molecule has 94 valence electrons. The Bertz CT molecular complexity index is 372. The van der Waals surface area contributed by atoms with Gasteiger partial charge in [-0.3, -0.25) is 4.90 Å². The number of nitrogens with two attached hydrogens (primary N) is 1. The fourth-order valence-corrected chi connectivity index (χ4v) is 2.21. The van der Waals surface area contributed by atoms with Gasteiger partial charge in [-0.1, -0.05) is 18.2 Å². The molecule has 1 heterocycles. The molecule has 1 fully saturated rings. The zero-order valence-electron chi connectivity index (χ0n) is 10.1. The number of hydrogen-bond acceptors (Lipinski definition) is 3. The Hall–Kier alpha value is -0.970. The van der Waals surface area contributed by atoms with Crippen LogP contribution in [0.5, 0.6) is 0 Å². The summed E-state index contributed by atoms with van der Waals surface area (Å²) in [7, 11) is 1.96. The lowest BCUT2D eigenvalue weighted by molar-refractivity contribution is 0.0124. The van der Waals surface area contributed by atoms with E-state index in [4.69, 9.17) is 10.5 Å². The first-order chi connectivity index (χ1) is 8.18. The van der Waals surface area contributed by atoms with Crippen LogP contribution in [0.25, 0.3) is 0 Å². The van der Waals surface area contributed by atoms with Gasteiger partial charge in [0, 0.05) is 30.8 Å². The number of hydrogen-bond donors (Lipinski definition) is 1. The average molecular weight is 238 g/mol. The SMILES string of the molecule is CN(Cc1ccccc1F)C1COCCC1N. The summed E-state index contributed by atoms with van der Waals surface area (Å²) in [4.78, 5) is 2.07. The van der Waals surface area contributed by atoms with Crippen LogP contribution >= 0.6 is 0 Å². The van der Waals surface area contributed by atoms with Crippen LogP contribution in [-0.4, -0.2) is 37.2 Å². The Balaban J connectivity index is 2.01. The molecule has 1 aromatic carbocycles. The highest BCUT2D eigenvalue weighted by molar-refractivity contribution is 5.17. The van der Waals surface area contributed by atoms with Crippen molar-refractivity contribution < 1.29 is 9.13 Å². The Kier molecular flexibility index (Phi) is 4.10. The van der Waals surface area contributed by atoms with Gasteiger partial charge in [-0.15, -0.1) is 0 Å². The molecule has 3 nitrogen and oxygen atoms in total. The fourth-order valence-electron chi connectivity index (χ4n) is 2.21. The van der Waals surface area contributed by atoms with Gasteiger partial charge in [-0.25, -0.2) is 4.39 Å². The van der Waals surface area contributed by atoms with E-state index in [1.807, 2.05) is 13.1 Å². The van der Waals surface area contributed by atoms with Crippen molar-refractivity contribution in [2.24, 2.45) is 5.73 Å². The molecule has 2 atom stereocenters. The minimum Gasteiger partial charge on any atom is -0.380 e. The summed E-state index contributed by atoms with van der Waals surface area (Å²) in [6.45, 7) is 1.92. The average Bonchev–Trinajstić information content (AvgIpc) is 2.32. The van der Waals surface area contributed by atoms with E-state index in [0.29, 0.717) is 18.7 Å². The van der Waals surface area contributed by atoms with E-state index < -0.39 is 0 Å². The summed E-state index contributed by atoms with van der Waals surface area (Å²) < 4.78 is 19.0. The van der Waals surface area contributed by atoms with Crippen molar-refractivity contribution in [1.82, 2.24) is 4.90 Å². The number of nitrogens with zero attached hydrogens (tertiary/aromatic N) is 1. The van der Waals surface area contributed by atoms with Gasteiger partial charge in [0.15, 0.2) is 0 Å². The Labute approximate surface area is 101 Å². The monoisotopic (exact) mass is 238 g/mol. The standard InChI is InChI=1S/C13H19FN2O/c1-16(13-9-17-7-6-12(13)15)8-10-4-2-3-5-11(10)14/h2-5,12-13H,6-9,15H2,1H3. The highest BCUT2D eigenvalue weighted by atomic mass is 19.1. The summed E-state index contributed by atoms with van der Waals surface area (Å²) in [6.07, 6.45) is 0.867. The third kappa shape index (κ3) is 3.03. The molecule has 1 aliphatic rings. The molecule has 17 heavy (non-hydrogen) atoms. The van der Waals surface area contributed by atoms with Crippen molar-refractivity contribution >= 4 is 0 Å². The maximum absolute atomic E-state index is 13.5. The second kappa shape index (κ2) is 5.58. The van der Waals surface area contributed by atoms with Crippen LogP contribution < -0.4 is 5.73 Å². The molecule has 2 unspecified atom stereocenters. The molecule has 1 aromatic rings. The van der Waals surface area contributed by atoms with Crippen LogP contribution in [0.3, 0.4) is 0 Å². The molecule has 0 aliphatic carbocycles. The van der Waals surface area contributed by atoms with Gasteiger partial charge in [0.2, 0.25) is 0 Å². The summed E-state index contributed by atoms with van der Waals surface area (Å²) in [6, 6.07) is 7.13. The van der Waals surface area contributed by atoms with Crippen molar-refractivity contribution in [3.8, 4) is 0 Å². The molecule has 0 bridgehead atoms. The Morgan fingerprint density at radius 3 is 2.94 bits per heavy atom. The highest BCUT2D eigenvalue weighted by Gasteiger charge is 2.26. The number of ether oxygens (including phenoxy) is 1. The van der Waals surface area contributed by atoms with Crippen molar-refractivity contribution in [1.29, 1.82) is 0 Å². The molecule has 0 radical (unpaired) electrons. The van der Waals surface area contributed by atoms with E-state index in [-0.39, 0.29) is 17.9 Å². The predicted octanol–water partition coefficient (Wildman–Crippen LogP) is 1.37. The van der Waals surface area contributed by atoms with Crippen LogP contribution in [0, 0.1) is 5.82 Å². The van der Waals surface area contributed by atoms with Gasteiger partial charge in [-0.2, -0.15) is 0 Å². The molecule has 0 spiro atoms. The predicted molar refractivity (Wildman–Crippen MR) is 65.1 cm³/mol.